The second kappa shape index (κ2) is 7.04. The Labute approximate surface area is 75.3 Å². The number of carbonyl (C=O) groups is 1. The molecule has 0 N–H and O–H groups in total. The molecule has 0 aromatic carbocycles. The molecule has 2 nitrogen and oxygen atoms in total. The molecule has 0 fully saturated rings. The molecular weight excluding hydrogens is 150 g/mol. The summed E-state index contributed by atoms with van der Waals surface area (Å²) in [6.45, 7) is 2.63. The van der Waals surface area contributed by atoms with E-state index in [2.05, 4.69) is 17.1 Å². The second-order valence-electron chi connectivity index (χ2n) is 3.33. The number of nitrogens with zero attached hydrogens (tertiary/aromatic N) is 1. The van der Waals surface area contributed by atoms with Crippen LogP contribution < -0.4 is 0 Å². The molecule has 70 valence electrons. The van der Waals surface area contributed by atoms with Gasteiger partial charge in [0.25, 0.3) is 0 Å². The Hall–Kier alpha value is -0.630. The lowest BCUT2D eigenvalue weighted by atomic mass is 10.2. The summed E-state index contributed by atoms with van der Waals surface area (Å²) in [7, 11) is 4.08. The van der Waals surface area contributed by atoms with Crippen molar-refractivity contribution < 1.29 is 4.79 Å². The van der Waals surface area contributed by atoms with E-state index in [9.17, 15) is 4.79 Å². The molecule has 0 aromatic rings. The molecule has 0 radical (unpaired) electrons. The van der Waals surface area contributed by atoms with Crippen LogP contribution in [0.4, 0.5) is 0 Å². The summed E-state index contributed by atoms with van der Waals surface area (Å²) < 4.78 is 0. The van der Waals surface area contributed by atoms with Crippen molar-refractivity contribution in [2.24, 2.45) is 0 Å². The van der Waals surface area contributed by atoms with Gasteiger partial charge in [-0.2, -0.15) is 0 Å². The van der Waals surface area contributed by atoms with Gasteiger partial charge in [-0.25, -0.2) is 0 Å². The van der Waals surface area contributed by atoms with Gasteiger partial charge in [-0.05, 0) is 33.9 Å². The molecule has 0 aliphatic rings. The van der Waals surface area contributed by atoms with Crippen LogP contribution in [0.1, 0.15) is 26.2 Å². The number of Topliss-reactive ketones (excluding diaryl/α,β-unsaturated/α-hetero) is 1. The second-order valence-corrected chi connectivity index (χ2v) is 3.33. The van der Waals surface area contributed by atoms with Gasteiger partial charge >= 0.3 is 0 Å². The molecule has 0 saturated heterocycles. The number of allylic oxidation sites excluding steroid dienone is 1. The largest absolute Gasteiger partial charge is 0.306 e. The van der Waals surface area contributed by atoms with Crippen LogP contribution in [-0.2, 0) is 4.79 Å². The van der Waals surface area contributed by atoms with Crippen LogP contribution in [0.5, 0.6) is 0 Å². The molecule has 0 atom stereocenters. The number of unbranched alkanes of at least 4 members (excludes halogenated alkanes) is 1. The van der Waals surface area contributed by atoms with E-state index in [1.54, 1.807) is 6.92 Å². The molecule has 0 aliphatic heterocycles. The summed E-state index contributed by atoms with van der Waals surface area (Å²) in [4.78, 5) is 12.7. The molecule has 0 unspecified atom stereocenters. The highest BCUT2D eigenvalue weighted by Gasteiger charge is 1.90. The first-order valence-corrected chi connectivity index (χ1v) is 4.42. The molecule has 0 amide bonds. The third-order valence-electron chi connectivity index (χ3n) is 1.54. The van der Waals surface area contributed by atoms with E-state index in [1.807, 2.05) is 14.1 Å². The fourth-order valence-corrected chi connectivity index (χ4v) is 0.872. The first-order chi connectivity index (χ1) is 5.63. The van der Waals surface area contributed by atoms with Gasteiger partial charge in [0.05, 0.1) is 0 Å². The van der Waals surface area contributed by atoms with Crippen molar-refractivity contribution in [3.05, 3.63) is 12.2 Å². The highest BCUT2D eigenvalue weighted by Crippen LogP contribution is 1.97. The van der Waals surface area contributed by atoms with E-state index < -0.39 is 0 Å². The first kappa shape index (κ1) is 11.4. The molecule has 0 spiro atoms. The van der Waals surface area contributed by atoms with Gasteiger partial charge in [0, 0.05) is 13.0 Å². The van der Waals surface area contributed by atoms with Crippen LogP contribution in [0.15, 0.2) is 12.2 Å². The zero-order valence-corrected chi connectivity index (χ0v) is 8.34. The maximum absolute atomic E-state index is 10.6. The Kier molecular flexibility index (Phi) is 6.67. The molecule has 0 aromatic heterocycles. The SMILES string of the molecule is CC(=O)CCC/C=C/CN(C)C. The number of likely N-dealkylation sites (N-methyl/N-ethyl adjacent to an activating group) is 1. The van der Waals surface area contributed by atoms with Crippen LogP contribution in [0.3, 0.4) is 0 Å². The van der Waals surface area contributed by atoms with Gasteiger partial charge in [-0.1, -0.05) is 12.2 Å². The van der Waals surface area contributed by atoms with Gasteiger partial charge in [-0.3, -0.25) is 0 Å². The summed E-state index contributed by atoms with van der Waals surface area (Å²) >= 11 is 0. The average Bonchev–Trinajstić information content (AvgIpc) is 1.95. The van der Waals surface area contributed by atoms with E-state index in [0.717, 1.165) is 19.4 Å². The summed E-state index contributed by atoms with van der Waals surface area (Å²) in [5.74, 6) is 0.288. The molecule has 0 saturated carbocycles. The normalized spacial score (nSPS) is 11.3. The van der Waals surface area contributed by atoms with E-state index >= 15 is 0 Å². The zero-order valence-electron chi connectivity index (χ0n) is 8.34. The average molecular weight is 169 g/mol. The lowest BCUT2D eigenvalue weighted by molar-refractivity contribution is -0.117. The molecule has 0 rings (SSSR count). The summed E-state index contributed by atoms with van der Waals surface area (Å²) in [5.41, 5.74) is 0. The molecule has 12 heavy (non-hydrogen) atoms. The van der Waals surface area contributed by atoms with Crippen molar-refractivity contribution in [2.45, 2.75) is 26.2 Å². The van der Waals surface area contributed by atoms with Crippen LogP contribution >= 0.6 is 0 Å². The predicted molar refractivity (Wildman–Crippen MR) is 52.2 cm³/mol. The maximum Gasteiger partial charge on any atom is 0.129 e. The van der Waals surface area contributed by atoms with Crippen molar-refractivity contribution in [1.29, 1.82) is 0 Å². The molecular formula is C10H19NO. The van der Waals surface area contributed by atoms with Crippen molar-refractivity contribution in [2.75, 3.05) is 20.6 Å². The fraction of sp³-hybridized carbons (Fsp3) is 0.700. The van der Waals surface area contributed by atoms with Crippen LogP contribution in [0, 0.1) is 0 Å². The zero-order chi connectivity index (χ0) is 9.40. The highest BCUT2D eigenvalue weighted by molar-refractivity contribution is 5.75. The predicted octanol–water partition coefficient (Wildman–Crippen LogP) is 1.86. The summed E-state index contributed by atoms with van der Waals surface area (Å²) in [6, 6.07) is 0. The quantitative estimate of drug-likeness (QED) is 0.447. The van der Waals surface area contributed by atoms with Gasteiger partial charge in [0.1, 0.15) is 5.78 Å². The van der Waals surface area contributed by atoms with Gasteiger partial charge in [0.2, 0.25) is 0 Å². The monoisotopic (exact) mass is 169 g/mol. The number of rotatable bonds is 6. The minimum atomic E-state index is 0.288. The van der Waals surface area contributed by atoms with Crippen molar-refractivity contribution >= 4 is 5.78 Å². The number of hydrogen-bond donors (Lipinski definition) is 0. The number of hydrogen-bond acceptors (Lipinski definition) is 2. The molecule has 0 aliphatic carbocycles. The van der Waals surface area contributed by atoms with E-state index in [4.69, 9.17) is 0 Å². The fourth-order valence-electron chi connectivity index (χ4n) is 0.872. The summed E-state index contributed by atoms with van der Waals surface area (Å²) in [5, 5.41) is 0. The standard InChI is InChI=1S/C10H19NO/c1-10(12)8-6-4-5-7-9-11(2)3/h5,7H,4,6,8-9H2,1-3H3/b7-5+. The Morgan fingerprint density at radius 1 is 1.33 bits per heavy atom. The van der Waals surface area contributed by atoms with Crippen molar-refractivity contribution in [3.63, 3.8) is 0 Å². The van der Waals surface area contributed by atoms with Gasteiger partial charge in [-0.15, -0.1) is 0 Å². The van der Waals surface area contributed by atoms with E-state index in [0.29, 0.717) is 6.42 Å². The minimum Gasteiger partial charge on any atom is -0.306 e. The van der Waals surface area contributed by atoms with Crippen LogP contribution in [0.2, 0.25) is 0 Å². The lowest BCUT2D eigenvalue weighted by Crippen LogP contribution is -2.10. The Morgan fingerprint density at radius 3 is 2.50 bits per heavy atom. The Balaban J connectivity index is 3.19. The van der Waals surface area contributed by atoms with Gasteiger partial charge in [0.15, 0.2) is 0 Å². The minimum absolute atomic E-state index is 0.288. The number of carbonyl (C=O) groups excluding carboxylic acids is 1. The van der Waals surface area contributed by atoms with Gasteiger partial charge < -0.3 is 9.69 Å². The van der Waals surface area contributed by atoms with Crippen LogP contribution in [-0.4, -0.2) is 31.3 Å². The third-order valence-corrected chi connectivity index (χ3v) is 1.54. The highest BCUT2D eigenvalue weighted by atomic mass is 16.1. The molecule has 0 bridgehead atoms. The molecule has 2 heteroatoms. The topological polar surface area (TPSA) is 20.3 Å². The Morgan fingerprint density at radius 2 is 2.00 bits per heavy atom. The third kappa shape index (κ3) is 9.37. The van der Waals surface area contributed by atoms with Crippen molar-refractivity contribution in [3.8, 4) is 0 Å². The smallest absolute Gasteiger partial charge is 0.129 e. The van der Waals surface area contributed by atoms with E-state index in [1.165, 1.54) is 0 Å². The van der Waals surface area contributed by atoms with Crippen molar-refractivity contribution in [1.82, 2.24) is 4.90 Å². The van der Waals surface area contributed by atoms with E-state index in [-0.39, 0.29) is 5.78 Å². The lowest BCUT2D eigenvalue weighted by Gasteiger charge is -2.03. The number of ketones is 1. The first-order valence-electron chi connectivity index (χ1n) is 4.42. The maximum atomic E-state index is 10.6. The summed E-state index contributed by atoms with van der Waals surface area (Å²) in [6.07, 6.45) is 7.00. The molecule has 0 heterocycles. The van der Waals surface area contributed by atoms with Crippen LogP contribution in [0.25, 0.3) is 0 Å². The Bertz CT molecular complexity index is 150.